The number of benzene rings is 2. The Morgan fingerprint density at radius 1 is 1.07 bits per heavy atom. The van der Waals surface area contributed by atoms with Gasteiger partial charge in [-0.3, -0.25) is 0 Å². The van der Waals surface area contributed by atoms with Gasteiger partial charge in [-0.2, -0.15) is 0 Å². The highest BCUT2D eigenvalue weighted by Crippen LogP contribution is 2.27. The summed E-state index contributed by atoms with van der Waals surface area (Å²) < 4.78 is 0. The fourth-order valence-electron chi connectivity index (χ4n) is 1.84. The summed E-state index contributed by atoms with van der Waals surface area (Å²) in [5.74, 6) is 0.292. The van der Waals surface area contributed by atoms with Crippen molar-refractivity contribution in [1.82, 2.24) is 0 Å². The van der Waals surface area contributed by atoms with E-state index in [1.807, 2.05) is 30.3 Å². The summed E-state index contributed by atoms with van der Waals surface area (Å²) in [5.41, 5.74) is 1.07. The minimum atomic E-state index is -0.363. The van der Waals surface area contributed by atoms with Crippen LogP contribution >= 0.6 is 0 Å². The number of phenols is 1. The van der Waals surface area contributed by atoms with Crippen LogP contribution in [0.4, 0.5) is 0 Å². The van der Waals surface area contributed by atoms with Gasteiger partial charge in [0.05, 0.1) is 6.10 Å². The topological polar surface area (TPSA) is 40.5 Å². The molecular formula is C13H14O2. The lowest BCUT2D eigenvalue weighted by Crippen LogP contribution is -2.04. The van der Waals surface area contributed by atoms with Crippen LogP contribution in [0.15, 0.2) is 36.4 Å². The summed E-state index contributed by atoms with van der Waals surface area (Å²) in [5, 5.41) is 20.9. The normalized spacial score (nSPS) is 12.9. The number of fused-ring (bicyclic) bond motifs is 1. The van der Waals surface area contributed by atoms with Crippen LogP contribution in [0.25, 0.3) is 10.8 Å². The Balaban J connectivity index is 2.61. The summed E-state index contributed by atoms with van der Waals surface area (Å²) in [6, 6.07) is 11.2. The van der Waals surface area contributed by atoms with Crippen molar-refractivity contribution in [3.05, 3.63) is 42.0 Å². The van der Waals surface area contributed by atoms with Crippen molar-refractivity contribution in [3.8, 4) is 5.75 Å². The van der Waals surface area contributed by atoms with Gasteiger partial charge in [0.1, 0.15) is 5.75 Å². The molecule has 1 unspecified atom stereocenters. The highest BCUT2D eigenvalue weighted by Gasteiger charge is 2.06. The summed E-state index contributed by atoms with van der Waals surface area (Å²) in [7, 11) is 0. The lowest BCUT2D eigenvalue weighted by Gasteiger charge is -2.09. The maximum atomic E-state index is 9.67. The number of aliphatic hydroxyl groups excluding tert-OH is 1. The molecule has 0 saturated heterocycles. The first kappa shape index (κ1) is 9.99. The molecule has 1 atom stereocenters. The third-order valence-corrected chi connectivity index (χ3v) is 2.51. The van der Waals surface area contributed by atoms with Crippen LogP contribution in [-0.2, 0) is 6.42 Å². The van der Waals surface area contributed by atoms with Gasteiger partial charge in [0.15, 0.2) is 0 Å². The van der Waals surface area contributed by atoms with E-state index in [0.717, 1.165) is 16.3 Å². The van der Waals surface area contributed by atoms with E-state index >= 15 is 0 Å². The van der Waals surface area contributed by atoms with Gasteiger partial charge < -0.3 is 10.2 Å². The van der Waals surface area contributed by atoms with Crippen molar-refractivity contribution < 1.29 is 10.2 Å². The predicted octanol–water partition coefficient (Wildman–Crippen LogP) is 2.47. The van der Waals surface area contributed by atoms with Gasteiger partial charge in [-0.15, -0.1) is 0 Å². The highest BCUT2D eigenvalue weighted by atomic mass is 16.3. The standard InChI is InChI=1S/C13H14O2/c1-9(14)8-10-6-7-13(15)12-5-3-2-4-11(10)12/h2-7,9,14-15H,8H2,1H3. The van der Waals surface area contributed by atoms with Gasteiger partial charge >= 0.3 is 0 Å². The summed E-state index contributed by atoms with van der Waals surface area (Å²) in [6.45, 7) is 1.77. The Morgan fingerprint density at radius 2 is 1.73 bits per heavy atom. The first-order valence-corrected chi connectivity index (χ1v) is 5.06. The van der Waals surface area contributed by atoms with Crippen molar-refractivity contribution in [3.63, 3.8) is 0 Å². The number of aromatic hydroxyl groups is 1. The zero-order valence-corrected chi connectivity index (χ0v) is 8.64. The molecule has 0 amide bonds. The van der Waals surface area contributed by atoms with E-state index in [-0.39, 0.29) is 6.10 Å². The van der Waals surface area contributed by atoms with Crippen molar-refractivity contribution in [1.29, 1.82) is 0 Å². The van der Waals surface area contributed by atoms with Gasteiger partial charge in [0, 0.05) is 5.39 Å². The van der Waals surface area contributed by atoms with Gasteiger partial charge in [0.2, 0.25) is 0 Å². The number of rotatable bonds is 2. The van der Waals surface area contributed by atoms with Crippen LogP contribution in [-0.4, -0.2) is 16.3 Å². The van der Waals surface area contributed by atoms with Crippen molar-refractivity contribution in [2.45, 2.75) is 19.4 Å². The zero-order chi connectivity index (χ0) is 10.8. The second-order valence-electron chi connectivity index (χ2n) is 3.84. The molecule has 2 aromatic carbocycles. The van der Waals surface area contributed by atoms with Crippen LogP contribution < -0.4 is 0 Å². The molecule has 0 radical (unpaired) electrons. The lowest BCUT2D eigenvalue weighted by atomic mass is 10.00. The minimum Gasteiger partial charge on any atom is -0.507 e. The van der Waals surface area contributed by atoms with E-state index in [2.05, 4.69) is 0 Å². The molecule has 0 aliphatic carbocycles. The molecule has 15 heavy (non-hydrogen) atoms. The molecule has 2 heteroatoms. The van der Waals surface area contributed by atoms with E-state index in [1.165, 1.54) is 0 Å². The van der Waals surface area contributed by atoms with Crippen molar-refractivity contribution in [2.75, 3.05) is 0 Å². The Hall–Kier alpha value is -1.54. The Kier molecular flexibility index (Phi) is 2.60. The molecule has 0 aliphatic rings. The summed E-state index contributed by atoms with van der Waals surface area (Å²) in [4.78, 5) is 0. The Bertz CT molecular complexity index is 475. The Morgan fingerprint density at radius 3 is 2.40 bits per heavy atom. The van der Waals surface area contributed by atoms with Crippen molar-refractivity contribution in [2.24, 2.45) is 0 Å². The second-order valence-corrected chi connectivity index (χ2v) is 3.84. The molecule has 0 aliphatic heterocycles. The molecule has 2 N–H and O–H groups in total. The maximum Gasteiger partial charge on any atom is 0.123 e. The lowest BCUT2D eigenvalue weighted by molar-refractivity contribution is 0.196. The monoisotopic (exact) mass is 202 g/mol. The van der Waals surface area contributed by atoms with Gasteiger partial charge in [-0.25, -0.2) is 0 Å². The molecular weight excluding hydrogens is 188 g/mol. The van der Waals surface area contributed by atoms with Crippen LogP contribution in [0.1, 0.15) is 12.5 Å². The van der Waals surface area contributed by atoms with E-state index < -0.39 is 0 Å². The Labute approximate surface area is 88.8 Å². The molecule has 0 fully saturated rings. The zero-order valence-electron chi connectivity index (χ0n) is 8.64. The first-order chi connectivity index (χ1) is 7.18. The fraction of sp³-hybridized carbons (Fsp3) is 0.231. The SMILES string of the molecule is CC(O)Cc1ccc(O)c2ccccc12. The average molecular weight is 202 g/mol. The summed E-state index contributed by atoms with van der Waals surface area (Å²) in [6.07, 6.45) is 0.249. The minimum absolute atomic E-state index is 0.292. The third kappa shape index (κ3) is 1.95. The third-order valence-electron chi connectivity index (χ3n) is 2.51. The highest BCUT2D eigenvalue weighted by molar-refractivity contribution is 5.90. The molecule has 0 bridgehead atoms. The van der Waals surface area contributed by atoms with Crippen LogP contribution in [0.3, 0.4) is 0 Å². The predicted molar refractivity (Wildman–Crippen MR) is 61.0 cm³/mol. The molecule has 2 rings (SSSR count). The van der Waals surface area contributed by atoms with Crippen LogP contribution in [0.5, 0.6) is 5.75 Å². The molecule has 2 nitrogen and oxygen atoms in total. The first-order valence-electron chi connectivity index (χ1n) is 5.06. The smallest absolute Gasteiger partial charge is 0.123 e. The van der Waals surface area contributed by atoms with Gasteiger partial charge in [-0.05, 0) is 30.4 Å². The molecule has 0 saturated carbocycles. The van der Waals surface area contributed by atoms with Gasteiger partial charge in [-0.1, -0.05) is 30.3 Å². The molecule has 0 spiro atoms. The molecule has 0 heterocycles. The number of hydrogen-bond acceptors (Lipinski definition) is 2. The fourth-order valence-corrected chi connectivity index (χ4v) is 1.84. The molecule has 0 aromatic heterocycles. The van der Waals surface area contributed by atoms with Gasteiger partial charge in [0.25, 0.3) is 0 Å². The number of aliphatic hydroxyl groups is 1. The van der Waals surface area contributed by atoms with Crippen LogP contribution in [0.2, 0.25) is 0 Å². The quantitative estimate of drug-likeness (QED) is 0.785. The van der Waals surface area contributed by atoms with E-state index in [0.29, 0.717) is 12.2 Å². The molecule has 2 aromatic rings. The van der Waals surface area contributed by atoms with E-state index in [4.69, 9.17) is 0 Å². The molecule has 78 valence electrons. The van der Waals surface area contributed by atoms with E-state index in [1.54, 1.807) is 13.0 Å². The van der Waals surface area contributed by atoms with Crippen LogP contribution in [0, 0.1) is 0 Å². The largest absolute Gasteiger partial charge is 0.507 e. The average Bonchev–Trinajstić information content (AvgIpc) is 2.22. The number of hydrogen-bond donors (Lipinski definition) is 2. The number of phenolic OH excluding ortho intramolecular Hbond substituents is 1. The maximum absolute atomic E-state index is 9.67. The van der Waals surface area contributed by atoms with E-state index in [9.17, 15) is 10.2 Å². The summed E-state index contributed by atoms with van der Waals surface area (Å²) >= 11 is 0. The second kappa shape index (κ2) is 3.91. The van der Waals surface area contributed by atoms with Crippen molar-refractivity contribution >= 4 is 10.8 Å².